The van der Waals surface area contributed by atoms with Crippen molar-refractivity contribution in [3.63, 3.8) is 0 Å². The molecule has 0 heterocycles. The van der Waals surface area contributed by atoms with Gasteiger partial charge >= 0.3 is 5.97 Å². The number of hydrogen-bond acceptors (Lipinski definition) is 3. The summed E-state index contributed by atoms with van der Waals surface area (Å²) in [6, 6.07) is 9.59. The zero-order valence-corrected chi connectivity index (χ0v) is 13.6. The van der Waals surface area contributed by atoms with E-state index in [-0.39, 0.29) is 17.1 Å². The van der Waals surface area contributed by atoms with Crippen LogP contribution in [0, 0.1) is 0 Å². The van der Waals surface area contributed by atoms with Crippen LogP contribution in [0.5, 0.6) is 11.5 Å². The lowest BCUT2D eigenvalue weighted by molar-refractivity contribution is -0.131. The summed E-state index contributed by atoms with van der Waals surface area (Å²) in [6.07, 6.45) is 3.62. The van der Waals surface area contributed by atoms with Crippen LogP contribution in [0.2, 0.25) is 5.02 Å². The van der Waals surface area contributed by atoms with Gasteiger partial charge in [0.25, 0.3) is 0 Å². The highest BCUT2D eigenvalue weighted by atomic mass is 35.5. The lowest BCUT2D eigenvalue weighted by Gasteiger charge is -2.29. The van der Waals surface area contributed by atoms with Crippen molar-refractivity contribution in [3.05, 3.63) is 57.6 Å². The van der Waals surface area contributed by atoms with Gasteiger partial charge in [0.1, 0.15) is 11.5 Å². The van der Waals surface area contributed by atoms with Gasteiger partial charge < -0.3 is 9.84 Å². The van der Waals surface area contributed by atoms with Crippen LogP contribution in [0.25, 0.3) is 0 Å². The minimum Gasteiger partial charge on any atom is -0.506 e. The molecule has 2 aromatic carbocycles. The van der Waals surface area contributed by atoms with Crippen LogP contribution in [-0.4, -0.2) is 11.1 Å². The summed E-state index contributed by atoms with van der Waals surface area (Å²) in [7, 11) is 0. The van der Waals surface area contributed by atoms with Crippen LogP contribution >= 0.6 is 11.6 Å². The summed E-state index contributed by atoms with van der Waals surface area (Å²) in [5.74, 6) is 0.459. The van der Waals surface area contributed by atoms with Crippen molar-refractivity contribution >= 4 is 17.6 Å². The number of fused-ring (bicyclic) bond motifs is 4. The Hall–Kier alpha value is -2.00. The Morgan fingerprint density at radius 1 is 1.13 bits per heavy atom. The SMILES string of the molecule is CC(=O)Oc1cccc2c1[C@@]1(CC2)CCc2ccc(Cl)c(O)c21. The molecule has 0 aliphatic heterocycles. The summed E-state index contributed by atoms with van der Waals surface area (Å²) in [5, 5.41) is 11.0. The van der Waals surface area contributed by atoms with Crippen LogP contribution in [0.4, 0.5) is 0 Å². The summed E-state index contributed by atoms with van der Waals surface area (Å²) in [5.41, 5.74) is 3.99. The third kappa shape index (κ3) is 1.99. The van der Waals surface area contributed by atoms with Gasteiger partial charge in [0.15, 0.2) is 0 Å². The number of carbonyl (C=O) groups excluding carboxylic acids is 1. The third-order valence-corrected chi connectivity index (χ3v) is 5.49. The first-order valence-corrected chi connectivity index (χ1v) is 8.22. The van der Waals surface area contributed by atoms with E-state index in [1.807, 2.05) is 18.2 Å². The van der Waals surface area contributed by atoms with Gasteiger partial charge in [0, 0.05) is 23.5 Å². The molecule has 0 unspecified atom stereocenters. The average Bonchev–Trinajstić information content (AvgIpc) is 3.07. The highest BCUT2D eigenvalue weighted by Crippen LogP contribution is 2.58. The molecular weight excluding hydrogens is 312 g/mol. The molecule has 0 aromatic heterocycles. The molecule has 0 bridgehead atoms. The van der Waals surface area contributed by atoms with Gasteiger partial charge in [0.2, 0.25) is 0 Å². The molecular formula is C19H17ClO3. The summed E-state index contributed by atoms with van der Waals surface area (Å²) < 4.78 is 5.48. The van der Waals surface area contributed by atoms with E-state index in [0.29, 0.717) is 10.8 Å². The fourth-order valence-electron chi connectivity index (χ4n) is 4.36. The minimum atomic E-state index is -0.325. The lowest BCUT2D eigenvalue weighted by atomic mass is 9.76. The van der Waals surface area contributed by atoms with Gasteiger partial charge in [-0.3, -0.25) is 4.79 Å². The Morgan fingerprint density at radius 3 is 2.52 bits per heavy atom. The molecule has 3 nitrogen and oxygen atoms in total. The van der Waals surface area contributed by atoms with Crippen LogP contribution in [0.15, 0.2) is 30.3 Å². The van der Waals surface area contributed by atoms with E-state index in [0.717, 1.165) is 42.4 Å². The maximum atomic E-state index is 11.5. The number of halogens is 1. The highest BCUT2D eigenvalue weighted by molar-refractivity contribution is 6.32. The van der Waals surface area contributed by atoms with E-state index < -0.39 is 0 Å². The average molecular weight is 329 g/mol. The Morgan fingerprint density at radius 2 is 1.83 bits per heavy atom. The Labute approximate surface area is 139 Å². The number of hydrogen-bond donors (Lipinski definition) is 1. The fourth-order valence-corrected chi connectivity index (χ4v) is 4.52. The smallest absolute Gasteiger partial charge is 0.308 e. The first-order valence-electron chi connectivity index (χ1n) is 7.84. The lowest BCUT2D eigenvalue weighted by Crippen LogP contribution is -2.23. The number of ether oxygens (including phenoxy) is 1. The number of esters is 1. The maximum Gasteiger partial charge on any atom is 0.308 e. The van der Waals surface area contributed by atoms with Gasteiger partial charge in [-0.1, -0.05) is 29.8 Å². The molecule has 118 valence electrons. The second-order valence-corrected chi connectivity index (χ2v) is 6.80. The van der Waals surface area contributed by atoms with Crippen molar-refractivity contribution in [3.8, 4) is 11.5 Å². The molecule has 4 heteroatoms. The predicted molar refractivity (Wildman–Crippen MR) is 88.3 cm³/mol. The van der Waals surface area contributed by atoms with Gasteiger partial charge in [-0.05, 0) is 48.9 Å². The first-order chi connectivity index (χ1) is 11.0. The van der Waals surface area contributed by atoms with Crippen molar-refractivity contribution in [1.29, 1.82) is 0 Å². The van der Waals surface area contributed by atoms with Crippen molar-refractivity contribution in [2.45, 2.75) is 38.0 Å². The van der Waals surface area contributed by atoms with Crippen molar-refractivity contribution in [2.24, 2.45) is 0 Å². The van der Waals surface area contributed by atoms with Crippen LogP contribution in [-0.2, 0) is 23.1 Å². The standard InChI is InChI=1S/C19H17ClO3/c1-11(21)23-15-4-2-3-12-7-9-19(16(12)15)10-8-13-5-6-14(20)18(22)17(13)19/h2-6,22H,7-10H2,1H3/t19-/m1/s1. The topological polar surface area (TPSA) is 46.5 Å². The first kappa shape index (κ1) is 14.6. The number of phenols is 1. The fraction of sp³-hybridized carbons (Fsp3) is 0.316. The van der Waals surface area contributed by atoms with Crippen molar-refractivity contribution in [2.75, 3.05) is 0 Å². The van der Waals surface area contributed by atoms with E-state index in [4.69, 9.17) is 16.3 Å². The molecule has 0 amide bonds. The largest absolute Gasteiger partial charge is 0.506 e. The van der Waals surface area contributed by atoms with Crippen LogP contribution in [0.3, 0.4) is 0 Å². The Bertz CT molecular complexity index is 824. The summed E-state index contributed by atoms with van der Waals surface area (Å²) in [4.78, 5) is 11.5. The van der Waals surface area contributed by atoms with Gasteiger partial charge in [-0.25, -0.2) is 0 Å². The number of aromatic hydroxyl groups is 1. The Kier molecular flexibility index (Phi) is 3.17. The molecule has 0 saturated carbocycles. The van der Waals surface area contributed by atoms with Gasteiger partial charge in [-0.15, -0.1) is 0 Å². The van der Waals surface area contributed by atoms with Gasteiger partial charge in [-0.2, -0.15) is 0 Å². The molecule has 0 radical (unpaired) electrons. The molecule has 1 spiro atoms. The molecule has 0 saturated heterocycles. The number of phenolic OH excluding ortho intramolecular Hbond substituents is 1. The predicted octanol–water partition coefficient (Wildman–Crippen LogP) is 4.15. The van der Waals surface area contributed by atoms with E-state index in [1.165, 1.54) is 12.5 Å². The summed E-state index contributed by atoms with van der Waals surface area (Å²) in [6.45, 7) is 1.41. The quantitative estimate of drug-likeness (QED) is 0.632. The zero-order chi connectivity index (χ0) is 16.2. The molecule has 2 aromatic rings. The van der Waals surface area contributed by atoms with E-state index >= 15 is 0 Å². The highest BCUT2D eigenvalue weighted by Gasteiger charge is 2.48. The monoisotopic (exact) mass is 328 g/mol. The minimum absolute atomic E-state index is 0.173. The number of rotatable bonds is 1. The molecule has 1 atom stereocenters. The maximum absolute atomic E-state index is 11.5. The zero-order valence-electron chi connectivity index (χ0n) is 12.9. The van der Waals surface area contributed by atoms with Crippen molar-refractivity contribution < 1.29 is 14.6 Å². The van der Waals surface area contributed by atoms with Crippen LogP contribution < -0.4 is 4.74 Å². The van der Waals surface area contributed by atoms with Gasteiger partial charge in [0.05, 0.1) is 5.02 Å². The molecule has 0 fully saturated rings. The third-order valence-electron chi connectivity index (χ3n) is 5.18. The van der Waals surface area contributed by atoms with Crippen LogP contribution in [0.1, 0.15) is 42.0 Å². The van der Waals surface area contributed by atoms with E-state index in [2.05, 4.69) is 6.07 Å². The molecule has 2 aliphatic carbocycles. The summed E-state index contributed by atoms with van der Waals surface area (Å²) >= 11 is 6.17. The molecule has 1 N–H and O–H groups in total. The normalized spacial score (nSPS) is 21.3. The van der Waals surface area contributed by atoms with Crippen molar-refractivity contribution in [1.82, 2.24) is 0 Å². The Balaban J connectivity index is 1.97. The molecule has 23 heavy (non-hydrogen) atoms. The number of benzene rings is 2. The van der Waals surface area contributed by atoms with E-state index in [1.54, 1.807) is 6.07 Å². The number of carbonyl (C=O) groups is 1. The van der Waals surface area contributed by atoms with E-state index in [9.17, 15) is 9.90 Å². The molecule has 2 aliphatic rings. The second-order valence-electron chi connectivity index (χ2n) is 6.40. The second kappa shape index (κ2) is 5.00. The number of aryl methyl sites for hydroxylation is 2. The molecule has 4 rings (SSSR count).